The molecule has 1 saturated heterocycles. The molecule has 0 aromatic heterocycles. The van der Waals surface area contributed by atoms with Gasteiger partial charge in [0.05, 0.1) is 0 Å². The summed E-state index contributed by atoms with van der Waals surface area (Å²) in [5, 5.41) is 9.60. The fourth-order valence-corrected chi connectivity index (χ4v) is 4.20. The molecule has 3 heteroatoms. The third-order valence-electron chi connectivity index (χ3n) is 6.13. The monoisotopic (exact) mass is 440 g/mol. The number of aliphatic hydroxyl groups is 1. The Bertz CT molecular complexity index is 1000. The molecule has 0 unspecified atom stereocenters. The molecule has 1 aliphatic heterocycles. The molecule has 1 N–H and O–H groups in total. The maximum absolute atomic E-state index is 9.60. The van der Waals surface area contributed by atoms with Crippen molar-refractivity contribution in [3.8, 4) is 12.3 Å². The van der Waals surface area contributed by atoms with Gasteiger partial charge in [-0.15, -0.1) is 6.42 Å². The molecular formula is C30H36N2O. The van der Waals surface area contributed by atoms with E-state index in [4.69, 9.17) is 6.42 Å². The zero-order chi connectivity index (χ0) is 23.5. The highest BCUT2D eigenvalue weighted by molar-refractivity contribution is 6.00. The summed E-state index contributed by atoms with van der Waals surface area (Å²) < 4.78 is 0. The number of aliphatic hydroxyl groups excluding tert-OH is 1. The predicted octanol–water partition coefficient (Wildman–Crippen LogP) is 5.04. The first-order valence-corrected chi connectivity index (χ1v) is 11.8. The molecule has 0 atom stereocenters. The fraction of sp³-hybridized carbons (Fsp3) is 0.333. The Balaban J connectivity index is 2.04. The minimum absolute atomic E-state index is 0.158. The summed E-state index contributed by atoms with van der Waals surface area (Å²) in [6.45, 7) is 7.55. The summed E-state index contributed by atoms with van der Waals surface area (Å²) in [6.07, 6.45) is 13.6. The van der Waals surface area contributed by atoms with E-state index in [1.807, 2.05) is 12.1 Å². The van der Waals surface area contributed by atoms with Crippen LogP contribution in [0.15, 0.2) is 78.4 Å². The average Bonchev–Trinajstić information content (AvgIpc) is 2.84. The molecule has 3 rings (SSSR count). The van der Waals surface area contributed by atoms with Gasteiger partial charge >= 0.3 is 0 Å². The first-order valence-electron chi connectivity index (χ1n) is 11.8. The first kappa shape index (κ1) is 24.7. The molecule has 0 spiro atoms. The molecule has 0 saturated carbocycles. The van der Waals surface area contributed by atoms with Crippen LogP contribution in [0, 0.1) is 19.3 Å². The summed E-state index contributed by atoms with van der Waals surface area (Å²) >= 11 is 0. The highest BCUT2D eigenvalue weighted by Gasteiger charge is 2.16. The number of rotatable bonds is 9. The second-order valence-electron chi connectivity index (χ2n) is 8.69. The van der Waals surface area contributed by atoms with E-state index in [2.05, 4.69) is 90.4 Å². The van der Waals surface area contributed by atoms with Gasteiger partial charge in [-0.25, -0.2) is 0 Å². The zero-order valence-corrected chi connectivity index (χ0v) is 20.0. The number of hydrogen-bond donors (Lipinski definition) is 1. The van der Waals surface area contributed by atoms with Gasteiger partial charge < -0.3 is 10.0 Å². The van der Waals surface area contributed by atoms with Gasteiger partial charge in [0, 0.05) is 39.3 Å². The van der Waals surface area contributed by atoms with Gasteiger partial charge in [-0.1, -0.05) is 78.2 Å². The maximum Gasteiger partial charge on any atom is 0.0434 e. The van der Waals surface area contributed by atoms with Crippen molar-refractivity contribution < 1.29 is 5.11 Å². The Kier molecular flexibility index (Phi) is 9.72. The van der Waals surface area contributed by atoms with Crippen molar-refractivity contribution in [1.82, 2.24) is 9.80 Å². The van der Waals surface area contributed by atoms with Crippen molar-refractivity contribution in [2.45, 2.75) is 19.8 Å². The van der Waals surface area contributed by atoms with E-state index in [0.29, 0.717) is 6.42 Å². The van der Waals surface area contributed by atoms with E-state index in [9.17, 15) is 5.11 Å². The lowest BCUT2D eigenvalue weighted by Gasteiger charge is -2.31. The summed E-state index contributed by atoms with van der Waals surface area (Å²) in [5.41, 5.74) is 6.91. The lowest BCUT2D eigenvalue weighted by molar-refractivity contribution is 0.166. The second kappa shape index (κ2) is 13.0. The van der Waals surface area contributed by atoms with E-state index in [0.717, 1.165) is 61.4 Å². The van der Waals surface area contributed by atoms with Crippen molar-refractivity contribution in [2.75, 3.05) is 46.4 Å². The number of likely N-dealkylation sites (N-methyl/N-ethyl adjacent to an activating group) is 1. The largest absolute Gasteiger partial charge is 0.396 e. The summed E-state index contributed by atoms with van der Waals surface area (Å²) in [4.78, 5) is 4.85. The van der Waals surface area contributed by atoms with Crippen molar-refractivity contribution in [1.29, 1.82) is 0 Å². The number of piperazine rings is 1. The lowest BCUT2D eigenvalue weighted by Crippen LogP contribution is -2.44. The average molecular weight is 441 g/mol. The van der Waals surface area contributed by atoms with Gasteiger partial charge in [0.25, 0.3) is 0 Å². The number of aryl methyl sites for hydroxylation is 1. The van der Waals surface area contributed by atoms with E-state index in [1.54, 1.807) is 0 Å². The molecular weight excluding hydrogens is 404 g/mol. The molecule has 1 heterocycles. The van der Waals surface area contributed by atoms with Crippen LogP contribution in [0.5, 0.6) is 0 Å². The Morgan fingerprint density at radius 2 is 1.70 bits per heavy atom. The Morgan fingerprint density at radius 3 is 2.33 bits per heavy atom. The lowest BCUT2D eigenvalue weighted by atomic mass is 9.86. The molecule has 0 aliphatic carbocycles. The van der Waals surface area contributed by atoms with E-state index < -0.39 is 0 Å². The van der Waals surface area contributed by atoms with Crippen LogP contribution in [-0.4, -0.2) is 61.3 Å². The highest BCUT2D eigenvalue weighted by Crippen LogP contribution is 2.36. The molecule has 1 aliphatic rings. The number of terminal acetylenes is 1. The van der Waals surface area contributed by atoms with Gasteiger partial charge in [-0.3, -0.25) is 4.90 Å². The van der Waals surface area contributed by atoms with Crippen LogP contribution in [0.25, 0.3) is 11.1 Å². The fourth-order valence-electron chi connectivity index (χ4n) is 4.20. The molecule has 1 fully saturated rings. The third-order valence-corrected chi connectivity index (χ3v) is 6.13. The van der Waals surface area contributed by atoms with Gasteiger partial charge in [0.2, 0.25) is 0 Å². The van der Waals surface area contributed by atoms with Crippen LogP contribution in [0.2, 0.25) is 0 Å². The van der Waals surface area contributed by atoms with E-state index in [-0.39, 0.29) is 6.61 Å². The maximum atomic E-state index is 9.60. The third kappa shape index (κ3) is 7.30. The molecule has 0 amide bonds. The van der Waals surface area contributed by atoms with Crippen LogP contribution in [0.4, 0.5) is 0 Å². The van der Waals surface area contributed by atoms with Crippen LogP contribution in [-0.2, 0) is 0 Å². The summed E-state index contributed by atoms with van der Waals surface area (Å²) in [6, 6.07) is 19.1. The Labute approximate surface area is 199 Å². The number of allylic oxidation sites excluding steroid dienone is 5. The molecule has 172 valence electrons. The van der Waals surface area contributed by atoms with Crippen molar-refractivity contribution >= 4 is 11.1 Å². The first-order chi connectivity index (χ1) is 16.1. The Hall–Kier alpha value is -2.90. The molecule has 0 bridgehead atoms. The standard InChI is InChI=1S/C30H36N2O/c1-4-10-27(13-8-19-32-22-20-31(3)21-23-32)30(28-17-15-25(2)16-18-28)29(14-9-24-33)26-11-6-5-7-12-26/h1,5-8,10-13,15-18,33H,9,14,19-24H2,2-3H3/b13-8-,27-10+,30-29+. The minimum Gasteiger partial charge on any atom is -0.396 e. The smallest absolute Gasteiger partial charge is 0.0434 e. The summed E-state index contributed by atoms with van der Waals surface area (Å²) in [5.74, 6) is 2.77. The topological polar surface area (TPSA) is 26.7 Å². The van der Waals surface area contributed by atoms with Crippen LogP contribution in [0.3, 0.4) is 0 Å². The molecule has 2 aromatic rings. The predicted molar refractivity (Wildman–Crippen MR) is 141 cm³/mol. The molecule has 33 heavy (non-hydrogen) atoms. The normalized spacial score (nSPS) is 16.6. The quantitative estimate of drug-likeness (QED) is 0.336. The molecule has 0 radical (unpaired) electrons. The zero-order valence-electron chi connectivity index (χ0n) is 20.0. The van der Waals surface area contributed by atoms with Gasteiger partial charge in [-0.2, -0.15) is 0 Å². The SMILES string of the molecule is C#C/C=C(\C=C/CN1CCN(C)CC1)C(=C(/CCCO)c1ccccc1)/c1ccc(C)cc1. The Morgan fingerprint density at radius 1 is 1.00 bits per heavy atom. The molecule has 2 aromatic carbocycles. The van der Waals surface area contributed by atoms with Crippen molar-refractivity contribution in [2.24, 2.45) is 0 Å². The minimum atomic E-state index is 0.158. The highest BCUT2D eigenvalue weighted by atomic mass is 16.2. The molecule has 3 nitrogen and oxygen atoms in total. The number of nitrogens with zero attached hydrogens (tertiary/aromatic N) is 2. The van der Waals surface area contributed by atoms with Gasteiger partial charge in [0.1, 0.15) is 0 Å². The van der Waals surface area contributed by atoms with Gasteiger partial charge in [0.15, 0.2) is 0 Å². The number of hydrogen-bond acceptors (Lipinski definition) is 3. The van der Waals surface area contributed by atoms with E-state index in [1.165, 1.54) is 11.1 Å². The van der Waals surface area contributed by atoms with Crippen molar-refractivity contribution in [3.05, 3.63) is 95.1 Å². The number of benzene rings is 2. The van der Waals surface area contributed by atoms with Crippen LogP contribution >= 0.6 is 0 Å². The second-order valence-corrected chi connectivity index (χ2v) is 8.69. The van der Waals surface area contributed by atoms with Crippen LogP contribution < -0.4 is 0 Å². The van der Waals surface area contributed by atoms with Gasteiger partial charge in [-0.05, 0) is 60.7 Å². The van der Waals surface area contributed by atoms with E-state index >= 15 is 0 Å². The van der Waals surface area contributed by atoms with Crippen LogP contribution in [0.1, 0.15) is 29.5 Å². The summed E-state index contributed by atoms with van der Waals surface area (Å²) in [7, 11) is 2.18. The van der Waals surface area contributed by atoms with Crippen molar-refractivity contribution in [3.63, 3.8) is 0 Å².